The van der Waals surface area contributed by atoms with Crippen molar-refractivity contribution in [2.75, 3.05) is 18.0 Å². The van der Waals surface area contributed by atoms with Gasteiger partial charge in [0.2, 0.25) is 0 Å². The minimum Gasteiger partial charge on any atom is -0.481 e. The number of halogens is 1. The average molecular weight is 285 g/mol. The van der Waals surface area contributed by atoms with Crippen molar-refractivity contribution in [3.8, 4) is 0 Å². The fourth-order valence-electron chi connectivity index (χ4n) is 1.88. The van der Waals surface area contributed by atoms with Gasteiger partial charge in [0.25, 0.3) is 0 Å². The van der Waals surface area contributed by atoms with Crippen molar-refractivity contribution in [3.63, 3.8) is 0 Å². The molecule has 1 fully saturated rings. The summed E-state index contributed by atoms with van der Waals surface area (Å²) in [6.07, 6.45) is 0.701. The van der Waals surface area contributed by atoms with Gasteiger partial charge in [0, 0.05) is 17.6 Å². The molecular weight excluding hydrogens is 272 g/mol. The zero-order valence-electron chi connectivity index (χ0n) is 8.98. The lowest BCUT2D eigenvalue weighted by Gasteiger charge is -2.17. The van der Waals surface area contributed by atoms with Gasteiger partial charge in [0.1, 0.15) is 5.82 Å². The molecule has 0 aliphatic carbocycles. The molecule has 5 heteroatoms. The summed E-state index contributed by atoms with van der Waals surface area (Å²) >= 11 is 3.40. The highest BCUT2D eigenvalue weighted by Crippen LogP contribution is 2.24. The number of hydrogen-bond acceptors (Lipinski definition) is 3. The standard InChI is InChI=1S/C11H13BrN2O2/c1-7-9(12)2-3-10(13-7)14-5-4-8(6-14)11(15)16/h2-3,8H,4-6H2,1H3,(H,15,16). The Labute approximate surface area is 102 Å². The molecule has 0 saturated carbocycles. The molecule has 1 aliphatic rings. The normalized spacial score (nSPS) is 20.1. The molecule has 2 rings (SSSR count). The average Bonchev–Trinajstić information content (AvgIpc) is 2.71. The van der Waals surface area contributed by atoms with Crippen LogP contribution in [0.4, 0.5) is 5.82 Å². The van der Waals surface area contributed by atoms with E-state index in [0.717, 1.165) is 22.5 Å². The predicted molar refractivity (Wildman–Crippen MR) is 64.6 cm³/mol. The molecule has 0 spiro atoms. The lowest BCUT2D eigenvalue weighted by atomic mass is 10.1. The third kappa shape index (κ3) is 2.19. The van der Waals surface area contributed by atoms with Crippen LogP contribution in [0.1, 0.15) is 12.1 Å². The van der Waals surface area contributed by atoms with E-state index in [1.54, 1.807) is 0 Å². The molecule has 0 aromatic carbocycles. The Morgan fingerprint density at radius 1 is 1.62 bits per heavy atom. The van der Waals surface area contributed by atoms with Crippen LogP contribution in [-0.4, -0.2) is 29.1 Å². The van der Waals surface area contributed by atoms with Crippen molar-refractivity contribution in [2.24, 2.45) is 5.92 Å². The van der Waals surface area contributed by atoms with Crippen molar-refractivity contribution in [1.82, 2.24) is 4.98 Å². The monoisotopic (exact) mass is 284 g/mol. The fourth-order valence-corrected chi connectivity index (χ4v) is 2.10. The van der Waals surface area contributed by atoms with Gasteiger partial charge in [-0.25, -0.2) is 4.98 Å². The molecular formula is C11H13BrN2O2. The number of pyridine rings is 1. The van der Waals surface area contributed by atoms with E-state index in [4.69, 9.17) is 5.11 Å². The van der Waals surface area contributed by atoms with Crippen LogP contribution >= 0.6 is 15.9 Å². The van der Waals surface area contributed by atoms with Crippen LogP contribution in [0.2, 0.25) is 0 Å². The van der Waals surface area contributed by atoms with E-state index in [9.17, 15) is 4.79 Å². The first kappa shape index (κ1) is 11.4. The third-order valence-corrected chi connectivity index (χ3v) is 3.71. The van der Waals surface area contributed by atoms with Crippen molar-refractivity contribution in [1.29, 1.82) is 0 Å². The Balaban J connectivity index is 2.14. The van der Waals surface area contributed by atoms with Crippen molar-refractivity contribution in [2.45, 2.75) is 13.3 Å². The van der Waals surface area contributed by atoms with Crippen molar-refractivity contribution < 1.29 is 9.90 Å². The first-order valence-corrected chi connectivity index (χ1v) is 5.98. The van der Waals surface area contributed by atoms with Crippen LogP contribution in [0, 0.1) is 12.8 Å². The molecule has 1 N–H and O–H groups in total. The van der Waals surface area contributed by atoms with E-state index < -0.39 is 5.97 Å². The SMILES string of the molecule is Cc1nc(N2CCC(C(=O)O)C2)ccc1Br. The highest BCUT2D eigenvalue weighted by molar-refractivity contribution is 9.10. The Kier molecular flexibility index (Phi) is 3.14. The summed E-state index contributed by atoms with van der Waals surface area (Å²) in [5.74, 6) is -0.105. The summed E-state index contributed by atoms with van der Waals surface area (Å²) in [6, 6.07) is 3.87. The van der Waals surface area contributed by atoms with Crippen LogP contribution in [0.5, 0.6) is 0 Å². The van der Waals surface area contributed by atoms with Gasteiger partial charge in [-0.3, -0.25) is 4.79 Å². The molecule has 1 aromatic heterocycles. The minimum absolute atomic E-state index is 0.259. The molecule has 1 saturated heterocycles. The quantitative estimate of drug-likeness (QED) is 0.903. The molecule has 0 bridgehead atoms. The number of aliphatic carboxylic acids is 1. The Morgan fingerprint density at radius 3 is 2.94 bits per heavy atom. The lowest BCUT2D eigenvalue weighted by Crippen LogP contribution is -2.23. The van der Waals surface area contributed by atoms with E-state index in [0.29, 0.717) is 13.0 Å². The van der Waals surface area contributed by atoms with E-state index in [1.807, 2.05) is 24.0 Å². The summed E-state index contributed by atoms with van der Waals surface area (Å²) in [6.45, 7) is 3.26. The Hall–Kier alpha value is -1.10. The van der Waals surface area contributed by atoms with Crippen molar-refractivity contribution in [3.05, 3.63) is 22.3 Å². The second-order valence-corrected chi connectivity index (χ2v) is 4.86. The number of carboxylic acid groups (broad SMARTS) is 1. The maximum atomic E-state index is 10.8. The van der Waals surface area contributed by atoms with Gasteiger partial charge in [0.05, 0.1) is 11.6 Å². The van der Waals surface area contributed by atoms with Gasteiger partial charge in [-0.2, -0.15) is 0 Å². The Bertz CT molecular complexity index is 422. The minimum atomic E-state index is -0.712. The fraction of sp³-hybridized carbons (Fsp3) is 0.455. The number of anilines is 1. The van der Waals surface area contributed by atoms with E-state index in [2.05, 4.69) is 20.9 Å². The zero-order valence-corrected chi connectivity index (χ0v) is 10.6. The largest absolute Gasteiger partial charge is 0.481 e. The van der Waals surface area contributed by atoms with Gasteiger partial charge < -0.3 is 10.0 Å². The van der Waals surface area contributed by atoms with Crippen molar-refractivity contribution >= 4 is 27.7 Å². The molecule has 0 amide bonds. The van der Waals surface area contributed by atoms with Gasteiger partial charge in [-0.1, -0.05) is 0 Å². The van der Waals surface area contributed by atoms with Gasteiger partial charge in [-0.15, -0.1) is 0 Å². The van der Waals surface area contributed by atoms with Gasteiger partial charge in [-0.05, 0) is 41.4 Å². The maximum absolute atomic E-state index is 10.8. The molecule has 16 heavy (non-hydrogen) atoms. The molecule has 4 nitrogen and oxygen atoms in total. The molecule has 1 atom stereocenters. The number of aromatic nitrogens is 1. The lowest BCUT2D eigenvalue weighted by molar-refractivity contribution is -0.140. The smallest absolute Gasteiger partial charge is 0.308 e. The van der Waals surface area contributed by atoms with Gasteiger partial charge >= 0.3 is 5.97 Å². The third-order valence-electron chi connectivity index (χ3n) is 2.87. The predicted octanol–water partition coefficient (Wildman–Crippen LogP) is 2.06. The molecule has 2 heterocycles. The molecule has 0 radical (unpaired) electrons. The topological polar surface area (TPSA) is 53.4 Å². The number of hydrogen-bond donors (Lipinski definition) is 1. The number of nitrogens with zero attached hydrogens (tertiary/aromatic N) is 2. The molecule has 1 aromatic rings. The molecule has 1 unspecified atom stereocenters. The first-order valence-electron chi connectivity index (χ1n) is 5.19. The van der Waals surface area contributed by atoms with E-state index >= 15 is 0 Å². The second-order valence-electron chi connectivity index (χ2n) is 4.01. The highest BCUT2D eigenvalue weighted by Gasteiger charge is 2.28. The summed E-state index contributed by atoms with van der Waals surface area (Å²) in [7, 11) is 0. The molecule has 1 aliphatic heterocycles. The first-order chi connectivity index (χ1) is 7.58. The van der Waals surface area contributed by atoms with Crippen LogP contribution in [0.15, 0.2) is 16.6 Å². The van der Waals surface area contributed by atoms with E-state index in [1.165, 1.54) is 0 Å². The van der Waals surface area contributed by atoms with Crippen LogP contribution < -0.4 is 4.90 Å². The number of carbonyl (C=O) groups is 1. The number of rotatable bonds is 2. The van der Waals surface area contributed by atoms with Gasteiger partial charge in [0.15, 0.2) is 0 Å². The second kappa shape index (κ2) is 4.41. The maximum Gasteiger partial charge on any atom is 0.308 e. The highest BCUT2D eigenvalue weighted by atomic mass is 79.9. The summed E-state index contributed by atoms with van der Waals surface area (Å²) in [5, 5.41) is 8.92. The van der Waals surface area contributed by atoms with Crippen LogP contribution in [-0.2, 0) is 4.79 Å². The number of aryl methyl sites for hydroxylation is 1. The van der Waals surface area contributed by atoms with Crippen LogP contribution in [0.25, 0.3) is 0 Å². The summed E-state index contributed by atoms with van der Waals surface area (Å²) < 4.78 is 0.977. The Morgan fingerprint density at radius 2 is 2.38 bits per heavy atom. The summed E-state index contributed by atoms with van der Waals surface area (Å²) in [4.78, 5) is 17.3. The summed E-state index contributed by atoms with van der Waals surface area (Å²) in [5.41, 5.74) is 0.927. The molecule has 86 valence electrons. The number of carboxylic acids is 1. The van der Waals surface area contributed by atoms with E-state index in [-0.39, 0.29) is 5.92 Å². The van der Waals surface area contributed by atoms with Crippen LogP contribution in [0.3, 0.4) is 0 Å². The zero-order chi connectivity index (χ0) is 11.7.